The fourth-order valence-electron chi connectivity index (χ4n) is 3.61. The van der Waals surface area contributed by atoms with E-state index in [4.69, 9.17) is 4.74 Å². The molecule has 0 unspecified atom stereocenters. The minimum atomic E-state index is -0.226. The third kappa shape index (κ3) is 3.84. The number of nitrogens with zero attached hydrogens (tertiary/aromatic N) is 4. The number of carbonyl (C=O) groups is 1. The van der Waals surface area contributed by atoms with Crippen LogP contribution in [0.4, 0.5) is 5.82 Å². The third-order valence-electron chi connectivity index (χ3n) is 5.02. The molecule has 0 aromatic carbocycles. The summed E-state index contributed by atoms with van der Waals surface area (Å²) in [6.07, 6.45) is 8.06. The Morgan fingerprint density at radius 2 is 2.12 bits per heavy atom. The Bertz CT molecular complexity index is 562. The van der Waals surface area contributed by atoms with E-state index in [-0.39, 0.29) is 12.0 Å². The van der Waals surface area contributed by atoms with Gasteiger partial charge in [-0.3, -0.25) is 14.7 Å². The van der Waals surface area contributed by atoms with Crippen LogP contribution in [0.2, 0.25) is 0 Å². The predicted molar refractivity (Wildman–Crippen MR) is 91.7 cm³/mol. The van der Waals surface area contributed by atoms with Crippen LogP contribution < -0.4 is 5.32 Å². The summed E-state index contributed by atoms with van der Waals surface area (Å²) in [6.45, 7) is 2.19. The second kappa shape index (κ2) is 7.90. The molecule has 132 valence electrons. The molecule has 1 aliphatic heterocycles. The maximum absolute atomic E-state index is 12.7. The van der Waals surface area contributed by atoms with Crippen molar-refractivity contribution in [3.05, 3.63) is 18.1 Å². The van der Waals surface area contributed by atoms with Gasteiger partial charge in [-0.1, -0.05) is 12.8 Å². The van der Waals surface area contributed by atoms with Crippen LogP contribution >= 0.6 is 0 Å². The van der Waals surface area contributed by atoms with E-state index in [0.717, 1.165) is 5.69 Å². The molecule has 1 saturated heterocycles. The van der Waals surface area contributed by atoms with Gasteiger partial charge in [-0.05, 0) is 19.9 Å². The topological polar surface area (TPSA) is 70.6 Å². The Labute approximate surface area is 143 Å². The minimum Gasteiger partial charge on any atom is -0.372 e. The molecule has 1 aromatic rings. The summed E-state index contributed by atoms with van der Waals surface area (Å²) in [4.78, 5) is 25.4. The molecule has 7 nitrogen and oxygen atoms in total. The average Bonchev–Trinajstić information content (AvgIpc) is 3.16. The van der Waals surface area contributed by atoms with Crippen LogP contribution in [0.1, 0.15) is 37.5 Å². The molecule has 1 aromatic heterocycles. The van der Waals surface area contributed by atoms with Crippen LogP contribution in [-0.4, -0.2) is 72.1 Å². The number of anilines is 1. The lowest BCUT2D eigenvalue weighted by Gasteiger charge is -2.34. The summed E-state index contributed by atoms with van der Waals surface area (Å²) >= 11 is 0. The molecule has 1 saturated carbocycles. The van der Waals surface area contributed by atoms with Gasteiger partial charge >= 0.3 is 0 Å². The first-order valence-electron chi connectivity index (χ1n) is 8.77. The van der Waals surface area contributed by atoms with E-state index in [1.54, 1.807) is 12.4 Å². The maximum Gasteiger partial charge on any atom is 0.236 e. The number of hydrogen-bond donors (Lipinski definition) is 1. The van der Waals surface area contributed by atoms with Crippen molar-refractivity contribution < 1.29 is 9.53 Å². The van der Waals surface area contributed by atoms with Gasteiger partial charge in [0, 0.05) is 32.0 Å². The molecule has 0 spiro atoms. The number of amides is 1. The van der Waals surface area contributed by atoms with Crippen LogP contribution in [-0.2, 0) is 9.53 Å². The molecule has 3 rings (SSSR count). The van der Waals surface area contributed by atoms with Gasteiger partial charge < -0.3 is 15.0 Å². The summed E-state index contributed by atoms with van der Waals surface area (Å²) in [7, 11) is 3.88. The lowest BCUT2D eigenvalue weighted by atomic mass is 10.2. The van der Waals surface area contributed by atoms with Crippen molar-refractivity contribution in [1.29, 1.82) is 0 Å². The molecular formula is C17H27N5O2. The first-order valence-corrected chi connectivity index (χ1v) is 8.77. The van der Waals surface area contributed by atoms with Crippen molar-refractivity contribution in [1.82, 2.24) is 19.8 Å². The Balaban J connectivity index is 1.61. The molecule has 24 heavy (non-hydrogen) atoms. The van der Waals surface area contributed by atoms with Gasteiger partial charge in [0.05, 0.1) is 19.7 Å². The molecule has 2 aliphatic rings. The molecule has 2 heterocycles. The van der Waals surface area contributed by atoms with E-state index in [1.807, 2.05) is 11.9 Å². The van der Waals surface area contributed by atoms with Gasteiger partial charge in [0.15, 0.2) is 0 Å². The number of carbonyl (C=O) groups excluding carboxylic acids is 1. The van der Waals surface area contributed by atoms with Crippen molar-refractivity contribution in [3.63, 3.8) is 0 Å². The smallest absolute Gasteiger partial charge is 0.236 e. The van der Waals surface area contributed by atoms with E-state index in [9.17, 15) is 4.79 Å². The van der Waals surface area contributed by atoms with Crippen molar-refractivity contribution in [2.75, 3.05) is 45.7 Å². The normalized spacial score (nSPS) is 22.1. The van der Waals surface area contributed by atoms with E-state index in [2.05, 4.69) is 27.2 Å². The minimum absolute atomic E-state index is 0.174. The Hall–Kier alpha value is -1.73. The highest BCUT2D eigenvalue weighted by molar-refractivity contribution is 5.78. The summed E-state index contributed by atoms with van der Waals surface area (Å²) in [5.74, 6) is 0.882. The number of ether oxygens (including phenoxy) is 1. The second-order valence-electron chi connectivity index (χ2n) is 6.59. The van der Waals surface area contributed by atoms with Crippen molar-refractivity contribution in [2.24, 2.45) is 0 Å². The first kappa shape index (κ1) is 17.1. The number of hydrogen-bond acceptors (Lipinski definition) is 6. The zero-order valence-electron chi connectivity index (χ0n) is 14.6. The van der Waals surface area contributed by atoms with Gasteiger partial charge in [-0.25, -0.2) is 4.98 Å². The standard InChI is InChI=1S/C17H27N5O2/c1-18-17-16(19-7-8-20-17)14-11-22(9-10-24-14)15(23)12-21(2)13-5-3-4-6-13/h7-8,13-14H,3-6,9-12H2,1-2H3,(H,18,20)/t14-/m0/s1. The van der Waals surface area contributed by atoms with E-state index in [1.165, 1.54) is 25.7 Å². The first-order chi connectivity index (χ1) is 11.7. The summed E-state index contributed by atoms with van der Waals surface area (Å²) < 4.78 is 5.84. The van der Waals surface area contributed by atoms with Crippen LogP contribution in [0, 0.1) is 0 Å². The third-order valence-corrected chi connectivity index (χ3v) is 5.02. The van der Waals surface area contributed by atoms with E-state index in [0.29, 0.717) is 38.1 Å². The molecule has 7 heteroatoms. The zero-order chi connectivity index (χ0) is 16.9. The summed E-state index contributed by atoms with van der Waals surface area (Å²) in [6, 6.07) is 0.557. The molecule has 0 radical (unpaired) electrons. The SMILES string of the molecule is CNc1nccnc1[C@@H]1CN(C(=O)CN(C)C2CCCC2)CCO1. The molecule has 1 N–H and O–H groups in total. The largest absolute Gasteiger partial charge is 0.372 e. The lowest BCUT2D eigenvalue weighted by molar-refractivity contribution is -0.140. The van der Waals surface area contributed by atoms with Crippen LogP contribution in [0.25, 0.3) is 0 Å². The molecule has 1 aliphatic carbocycles. The summed E-state index contributed by atoms with van der Waals surface area (Å²) in [5, 5.41) is 3.04. The zero-order valence-corrected chi connectivity index (χ0v) is 14.6. The predicted octanol–water partition coefficient (Wildman–Crippen LogP) is 1.29. The second-order valence-corrected chi connectivity index (χ2v) is 6.59. The molecular weight excluding hydrogens is 306 g/mol. The van der Waals surface area contributed by atoms with Crippen LogP contribution in [0.15, 0.2) is 12.4 Å². The number of nitrogens with one attached hydrogen (secondary N) is 1. The van der Waals surface area contributed by atoms with Crippen LogP contribution in [0.3, 0.4) is 0 Å². The Morgan fingerprint density at radius 3 is 2.88 bits per heavy atom. The van der Waals surface area contributed by atoms with Gasteiger partial charge in [0.2, 0.25) is 5.91 Å². The number of aromatic nitrogens is 2. The molecule has 2 fully saturated rings. The average molecular weight is 333 g/mol. The van der Waals surface area contributed by atoms with E-state index >= 15 is 0 Å². The van der Waals surface area contributed by atoms with Crippen LogP contribution in [0.5, 0.6) is 0 Å². The number of morpholine rings is 1. The number of rotatable bonds is 5. The highest BCUT2D eigenvalue weighted by atomic mass is 16.5. The fourth-order valence-corrected chi connectivity index (χ4v) is 3.61. The van der Waals surface area contributed by atoms with Gasteiger partial charge in [-0.15, -0.1) is 0 Å². The molecule has 1 amide bonds. The summed E-state index contributed by atoms with van der Waals surface area (Å²) in [5.41, 5.74) is 0.765. The molecule has 1 atom stereocenters. The van der Waals surface area contributed by atoms with Gasteiger partial charge in [0.1, 0.15) is 17.6 Å². The monoisotopic (exact) mass is 333 g/mol. The van der Waals surface area contributed by atoms with Crippen molar-refractivity contribution in [3.8, 4) is 0 Å². The van der Waals surface area contributed by atoms with Crippen molar-refractivity contribution in [2.45, 2.75) is 37.8 Å². The number of likely N-dealkylation sites (N-methyl/N-ethyl adjacent to an activating group) is 1. The lowest BCUT2D eigenvalue weighted by Crippen LogP contribution is -2.47. The van der Waals surface area contributed by atoms with E-state index < -0.39 is 0 Å². The fraction of sp³-hybridized carbons (Fsp3) is 0.706. The van der Waals surface area contributed by atoms with Crippen molar-refractivity contribution >= 4 is 11.7 Å². The highest BCUT2D eigenvalue weighted by Crippen LogP contribution is 2.26. The highest BCUT2D eigenvalue weighted by Gasteiger charge is 2.30. The Kier molecular flexibility index (Phi) is 5.63. The maximum atomic E-state index is 12.7. The molecule has 0 bridgehead atoms. The quantitative estimate of drug-likeness (QED) is 0.876. The van der Waals surface area contributed by atoms with Gasteiger partial charge in [0.25, 0.3) is 0 Å². The van der Waals surface area contributed by atoms with Gasteiger partial charge in [-0.2, -0.15) is 0 Å². The Morgan fingerprint density at radius 1 is 1.38 bits per heavy atom.